The summed E-state index contributed by atoms with van der Waals surface area (Å²) in [5, 5.41) is 17.1. The summed E-state index contributed by atoms with van der Waals surface area (Å²) in [6, 6.07) is 0. The van der Waals surface area contributed by atoms with E-state index in [1.165, 1.54) is 53.5 Å². The first-order chi connectivity index (χ1) is 16.9. The molecule has 0 bridgehead atoms. The number of hydrogen-bond donors (Lipinski definition) is 2. The minimum Gasteiger partial charge on any atom is -0.392 e. The molecule has 0 amide bonds. The van der Waals surface area contributed by atoms with Crippen molar-refractivity contribution in [1.29, 1.82) is 0 Å². The summed E-state index contributed by atoms with van der Waals surface area (Å²) < 4.78 is 0. The van der Waals surface area contributed by atoms with Gasteiger partial charge in [0.05, 0.1) is 13.2 Å². The molecule has 2 N–H and O–H groups in total. The van der Waals surface area contributed by atoms with Crippen molar-refractivity contribution < 1.29 is 10.2 Å². The van der Waals surface area contributed by atoms with Crippen LogP contribution in [0.4, 0.5) is 0 Å². The van der Waals surface area contributed by atoms with Crippen molar-refractivity contribution in [1.82, 2.24) is 0 Å². The van der Waals surface area contributed by atoms with Crippen LogP contribution in [0.1, 0.15) is 121 Å². The molecule has 4 heteroatoms. The number of hydrogen-bond acceptors (Lipinski definition) is 2. The second-order valence-corrected chi connectivity index (χ2v) is 10.9. The first kappa shape index (κ1) is 40.6. The average Bonchev–Trinajstić information content (AvgIpc) is 3.45. The molecule has 0 aromatic heterocycles. The quantitative estimate of drug-likeness (QED) is 0.155. The van der Waals surface area contributed by atoms with Crippen LogP contribution in [-0.4, -0.2) is 23.4 Å². The van der Waals surface area contributed by atoms with Gasteiger partial charge >= 0.3 is 0 Å². The van der Waals surface area contributed by atoms with Crippen LogP contribution in [0.2, 0.25) is 0 Å². The van der Waals surface area contributed by atoms with Crippen molar-refractivity contribution in [3.63, 3.8) is 0 Å². The average molecular weight is 729 g/mol. The molecule has 0 heterocycles. The van der Waals surface area contributed by atoms with Crippen LogP contribution in [0.3, 0.4) is 0 Å². The van der Waals surface area contributed by atoms with E-state index in [2.05, 4.69) is 125 Å². The van der Waals surface area contributed by atoms with Crippen molar-refractivity contribution in [2.75, 3.05) is 13.2 Å². The van der Waals surface area contributed by atoms with E-state index in [9.17, 15) is 0 Å². The molecule has 1 aliphatic carbocycles. The maximum Gasteiger partial charge on any atom is 0.0614 e. The smallest absolute Gasteiger partial charge is 0.0614 e. The number of halogens is 2. The maximum absolute atomic E-state index is 8.55. The molecule has 0 saturated heterocycles. The molecule has 1 aliphatic rings. The molecule has 36 heavy (non-hydrogen) atoms. The van der Waals surface area contributed by atoms with E-state index >= 15 is 0 Å². The molecule has 0 radical (unpaired) electrons. The monoisotopic (exact) mass is 728 g/mol. The number of aliphatic hydroxyl groups is 2. The van der Waals surface area contributed by atoms with Gasteiger partial charge in [0.15, 0.2) is 0 Å². The van der Waals surface area contributed by atoms with Crippen LogP contribution < -0.4 is 0 Å². The molecule has 0 aliphatic heterocycles. The van der Waals surface area contributed by atoms with E-state index in [0.717, 1.165) is 31.6 Å². The van der Waals surface area contributed by atoms with E-state index in [1.807, 2.05) is 12.2 Å². The summed E-state index contributed by atoms with van der Waals surface area (Å²) in [5.41, 5.74) is 7.44. The highest BCUT2D eigenvalue weighted by atomic mass is 128. The lowest BCUT2D eigenvalue weighted by atomic mass is 9.98. The molecular weight excluding hydrogens is 670 g/mol. The highest BCUT2D eigenvalue weighted by Gasteiger charge is 2.47. The number of allylic oxidation sites excluding steroid dienone is 8. The summed E-state index contributed by atoms with van der Waals surface area (Å²) >= 11 is 4.24. The zero-order chi connectivity index (χ0) is 28.6. The molecule has 2 unspecified atom stereocenters. The van der Waals surface area contributed by atoms with Gasteiger partial charge in [-0.1, -0.05) is 78.5 Å². The van der Waals surface area contributed by atoms with Crippen LogP contribution in [0.25, 0.3) is 0 Å². The van der Waals surface area contributed by atoms with Crippen molar-refractivity contribution >= 4 is 37.2 Å². The van der Waals surface area contributed by atoms with Gasteiger partial charge in [-0.05, 0) is 112 Å². The minimum atomic E-state index is 0.167. The van der Waals surface area contributed by atoms with Crippen LogP contribution in [-0.2, 0) is 0 Å². The molecule has 1 rings (SSSR count). The maximum atomic E-state index is 8.55. The first-order valence-electron chi connectivity index (χ1n) is 13.5. The van der Waals surface area contributed by atoms with E-state index in [-0.39, 0.29) is 13.2 Å². The Balaban J connectivity index is -0.000000439. The van der Waals surface area contributed by atoms with E-state index in [0.29, 0.717) is 5.41 Å². The fraction of sp³-hybridized carbons (Fsp3) is 0.688. The van der Waals surface area contributed by atoms with Crippen molar-refractivity contribution in [3.8, 4) is 0 Å². The van der Waals surface area contributed by atoms with Crippen LogP contribution >= 0.6 is 37.2 Å². The van der Waals surface area contributed by atoms with Gasteiger partial charge in [0.25, 0.3) is 0 Å². The summed E-state index contributed by atoms with van der Waals surface area (Å²) in [4.78, 5) is 0. The van der Waals surface area contributed by atoms with Crippen molar-refractivity contribution in [2.45, 2.75) is 121 Å². The van der Waals surface area contributed by atoms with Gasteiger partial charge in [0.1, 0.15) is 0 Å². The first-order valence-corrected chi connectivity index (χ1v) is 19.8. The van der Waals surface area contributed by atoms with Gasteiger partial charge < -0.3 is 10.2 Å². The lowest BCUT2D eigenvalue weighted by Crippen LogP contribution is -1.96. The van der Waals surface area contributed by atoms with Gasteiger partial charge in [-0.3, -0.25) is 0 Å². The molecule has 1 saturated carbocycles. The van der Waals surface area contributed by atoms with E-state index < -0.39 is 0 Å². The Kier molecular flexibility index (Phi) is 30.1. The van der Waals surface area contributed by atoms with Crippen molar-refractivity contribution in [3.05, 3.63) is 58.2 Å². The SMILES string of the molecule is CC(C)=CCC/C(C)=C/CO.CC(C)=CCC/C(C)=C\CO.CCC1CC1(C)CCC=C(C)C.II. The van der Waals surface area contributed by atoms with Gasteiger partial charge in [-0.2, -0.15) is 0 Å². The molecule has 212 valence electrons. The predicted molar refractivity (Wildman–Crippen MR) is 182 cm³/mol. The normalized spacial score (nSPS) is 18.2. The van der Waals surface area contributed by atoms with E-state index in [4.69, 9.17) is 10.2 Å². The van der Waals surface area contributed by atoms with Gasteiger partial charge in [-0.15, -0.1) is 0 Å². The lowest BCUT2D eigenvalue weighted by Gasteiger charge is -2.07. The topological polar surface area (TPSA) is 40.5 Å². The van der Waals surface area contributed by atoms with E-state index in [1.54, 1.807) is 0 Å². The Morgan fingerprint density at radius 2 is 1.06 bits per heavy atom. The highest BCUT2D eigenvalue weighted by molar-refractivity contribution is 15.0. The summed E-state index contributed by atoms with van der Waals surface area (Å²) in [6.07, 6.45) is 20.4. The standard InChI is InChI=1S/C12H22.2C10H18O.I2/c1-5-11-9-12(11,4)8-6-7-10(2)3;2*1-9(2)5-4-6-10(3)7-8-11;1-2/h7,11H,5-6,8-9H2,1-4H3;2*5,7,11H,4,6,8H2,1-3H3;/b;10-7+;10-7-;. The van der Waals surface area contributed by atoms with Gasteiger partial charge in [0.2, 0.25) is 0 Å². The zero-order valence-corrected chi connectivity index (χ0v) is 29.5. The third-order valence-corrected chi connectivity index (χ3v) is 6.36. The minimum absolute atomic E-state index is 0.167. The fourth-order valence-corrected chi connectivity index (χ4v) is 3.83. The summed E-state index contributed by atoms with van der Waals surface area (Å²) in [7, 11) is 0. The Morgan fingerprint density at radius 3 is 1.33 bits per heavy atom. The summed E-state index contributed by atoms with van der Waals surface area (Å²) in [5.74, 6) is 1.03. The van der Waals surface area contributed by atoms with Gasteiger partial charge in [-0.25, -0.2) is 0 Å². The molecule has 0 spiro atoms. The van der Waals surface area contributed by atoms with Crippen molar-refractivity contribution in [2.24, 2.45) is 11.3 Å². The van der Waals surface area contributed by atoms with Gasteiger partial charge in [0, 0.05) is 37.2 Å². The third-order valence-electron chi connectivity index (χ3n) is 6.36. The second-order valence-electron chi connectivity index (χ2n) is 10.9. The highest BCUT2D eigenvalue weighted by Crippen LogP contribution is 2.57. The number of aliphatic hydroxyl groups excluding tert-OH is 2. The predicted octanol–water partition coefficient (Wildman–Crippen LogP) is 11.3. The van der Waals surface area contributed by atoms with Crippen LogP contribution in [0.15, 0.2) is 58.2 Å². The lowest BCUT2D eigenvalue weighted by molar-refractivity contribution is 0.341. The molecular formula is C32H58I2O2. The second kappa shape index (κ2) is 26.7. The third kappa shape index (κ3) is 28.6. The molecule has 2 nitrogen and oxygen atoms in total. The Labute approximate surface area is 249 Å². The largest absolute Gasteiger partial charge is 0.392 e. The number of rotatable bonds is 12. The van der Waals surface area contributed by atoms with Crippen LogP contribution in [0.5, 0.6) is 0 Å². The molecule has 0 aromatic carbocycles. The Bertz CT molecular complexity index is 636. The molecule has 0 aromatic rings. The zero-order valence-electron chi connectivity index (χ0n) is 25.2. The molecule has 2 atom stereocenters. The molecule has 1 fully saturated rings. The Hall–Kier alpha value is 0.0800. The summed E-state index contributed by atoms with van der Waals surface area (Å²) in [6.45, 7) is 22.0. The Morgan fingerprint density at radius 1 is 0.694 bits per heavy atom. The fourth-order valence-electron chi connectivity index (χ4n) is 3.83. The van der Waals surface area contributed by atoms with Crippen LogP contribution in [0, 0.1) is 11.3 Å².